The van der Waals surface area contributed by atoms with Crippen LogP contribution in [0.4, 0.5) is 0 Å². The van der Waals surface area contributed by atoms with Gasteiger partial charge in [-0.2, -0.15) is 0 Å². The molecule has 0 aliphatic heterocycles. The van der Waals surface area contributed by atoms with E-state index in [0.29, 0.717) is 0 Å². The summed E-state index contributed by atoms with van der Waals surface area (Å²) in [4.78, 5) is 4.78. The van der Waals surface area contributed by atoms with Crippen LogP contribution in [0, 0.1) is 0 Å². The average Bonchev–Trinajstić information content (AvgIpc) is 2.84. The summed E-state index contributed by atoms with van der Waals surface area (Å²) in [6.07, 6.45) is 2.30. The van der Waals surface area contributed by atoms with Gasteiger partial charge in [0.25, 0.3) is 0 Å². The Morgan fingerprint density at radius 2 is 1.76 bits per heavy atom. The number of benzene rings is 2. The summed E-state index contributed by atoms with van der Waals surface area (Å²) in [7, 11) is 0. The molecule has 110 valence electrons. The van der Waals surface area contributed by atoms with Gasteiger partial charge in [0.05, 0.1) is 16.1 Å². The monoisotopic (exact) mass is 320 g/mol. The summed E-state index contributed by atoms with van der Waals surface area (Å²) in [5.41, 5.74) is 3.20. The first-order valence-corrected chi connectivity index (χ1v) is 7.39. The van der Waals surface area contributed by atoms with Crippen molar-refractivity contribution in [2.75, 3.05) is 0 Å². The molecule has 21 heavy (non-hydrogen) atoms. The van der Waals surface area contributed by atoms with Crippen LogP contribution in [0.25, 0.3) is 22.4 Å². The van der Waals surface area contributed by atoms with Crippen LogP contribution < -0.4 is 0 Å². The van der Waals surface area contributed by atoms with E-state index in [1.807, 2.05) is 30.3 Å². The summed E-state index contributed by atoms with van der Waals surface area (Å²) >= 11 is 6.34. The van der Waals surface area contributed by atoms with E-state index in [1.54, 1.807) is 0 Å². The van der Waals surface area contributed by atoms with E-state index in [4.69, 9.17) is 16.6 Å². The van der Waals surface area contributed by atoms with Gasteiger partial charge in [-0.05, 0) is 30.7 Å². The topological polar surface area (TPSA) is 17.8 Å². The molecule has 1 heterocycles. The Morgan fingerprint density at radius 1 is 1.05 bits per heavy atom. The number of imidazole rings is 1. The fourth-order valence-corrected chi connectivity index (χ4v) is 2.69. The zero-order valence-electron chi connectivity index (χ0n) is 11.9. The van der Waals surface area contributed by atoms with Crippen LogP contribution in [0.1, 0.15) is 19.8 Å². The van der Waals surface area contributed by atoms with Crippen LogP contribution in [0.5, 0.6) is 0 Å². The number of fused-ring (bicyclic) bond motifs is 1. The van der Waals surface area contributed by atoms with E-state index in [-0.39, 0.29) is 12.4 Å². The number of aromatic nitrogens is 2. The van der Waals surface area contributed by atoms with Gasteiger partial charge < -0.3 is 4.57 Å². The summed E-state index contributed by atoms with van der Waals surface area (Å²) in [5, 5.41) is 0.751. The van der Waals surface area contributed by atoms with Crippen molar-refractivity contribution in [1.29, 1.82) is 0 Å². The highest BCUT2D eigenvalue weighted by atomic mass is 35.5. The lowest BCUT2D eigenvalue weighted by molar-refractivity contribution is 0.651. The van der Waals surface area contributed by atoms with Crippen molar-refractivity contribution >= 4 is 35.0 Å². The van der Waals surface area contributed by atoms with E-state index in [9.17, 15) is 0 Å². The van der Waals surface area contributed by atoms with Gasteiger partial charge in [0.15, 0.2) is 0 Å². The van der Waals surface area contributed by atoms with Crippen LogP contribution in [0.3, 0.4) is 0 Å². The van der Waals surface area contributed by atoms with Crippen LogP contribution in [0.2, 0.25) is 5.02 Å². The lowest BCUT2D eigenvalue weighted by Gasteiger charge is -2.09. The third-order valence-electron chi connectivity index (χ3n) is 3.50. The minimum absolute atomic E-state index is 0. The Labute approximate surface area is 136 Å². The molecule has 3 aromatic rings. The molecule has 2 nitrogen and oxygen atoms in total. The summed E-state index contributed by atoms with van der Waals surface area (Å²) < 4.78 is 2.28. The van der Waals surface area contributed by atoms with Crippen molar-refractivity contribution in [3.8, 4) is 11.4 Å². The van der Waals surface area contributed by atoms with Crippen molar-refractivity contribution < 1.29 is 0 Å². The molecule has 0 spiro atoms. The van der Waals surface area contributed by atoms with Crippen molar-refractivity contribution in [2.45, 2.75) is 26.3 Å². The molecule has 0 radical (unpaired) electrons. The first-order valence-electron chi connectivity index (χ1n) is 7.01. The Hall–Kier alpha value is -1.51. The number of hydrogen-bond acceptors (Lipinski definition) is 1. The Balaban J connectivity index is 0.00000161. The van der Waals surface area contributed by atoms with Crippen molar-refractivity contribution in [3.63, 3.8) is 0 Å². The smallest absolute Gasteiger partial charge is 0.142 e. The maximum Gasteiger partial charge on any atom is 0.142 e. The molecule has 0 atom stereocenters. The molecule has 0 N–H and O–H groups in total. The zero-order valence-corrected chi connectivity index (χ0v) is 13.5. The van der Waals surface area contributed by atoms with Gasteiger partial charge in [-0.3, -0.25) is 0 Å². The second-order valence-corrected chi connectivity index (χ2v) is 5.32. The Bertz CT molecular complexity index is 734. The Morgan fingerprint density at radius 3 is 2.52 bits per heavy atom. The zero-order chi connectivity index (χ0) is 13.9. The molecule has 0 saturated carbocycles. The largest absolute Gasteiger partial charge is 0.324 e. The first kappa shape index (κ1) is 15.9. The number of aryl methyl sites for hydroxylation is 1. The lowest BCUT2D eigenvalue weighted by atomic mass is 10.2. The quantitative estimate of drug-likeness (QED) is 0.613. The van der Waals surface area contributed by atoms with Crippen molar-refractivity contribution in [1.82, 2.24) is 9.55 Å². The highest BCUT2D eigenvalue weighted by Gasteiger charge is 2.13. The van der Waals surface area contributed by atoms with Gasteiger partial charge in [-0.1, -0.05) is 49.2 Å². The molecule has 3 rings (SSSR count). The number of unbranched alkanes of at least 4 members (excludes halogenated alkanes) is 1. The van der Waals surface area contributed by atoms with E-state index >= 15 is 0 Å². The predicted molar refractivity (Wildman–Crippen MR) is 92.3 cm³/mol. The maximum absolute atomic E-state index is 6.34. The fraction of sp³-hybridized carbons (Fsp3) is 0.235. The van der Waals surface area contributed by atoms with Gasteiger partial charge in [0, 0.05) is 12.1 Å². The van der Waals surface area contributed by atoms with E-state index in [2.05, 4.69) is 29.7 Å². The number of para-hydroxylation sites is 2. The molecule has 0 bridgehead atoms. The number of halogens is 2. The van der Waals surface area contributed by atoms with E-state index in [0.717, 1.165) is 41.3 Å². The summed E-state index contributed by atoms with van der Waals surface area (Å²) in [6.45, 7) is 3.17. The second kappa shape index (κ2) is 6.97. The van der Waals surface area contributed by atoms with Gasteiger partial charge >= 0.3 is 0 Å². The number of rotatable bonds is 4. The van der Waals surface area contributed by atoms with Crippen molar-refractivity contribution in [2.24, 2.45) is 0 Å². The molecule has 1 aromatic heterocycles. The van der Waals surface area contributed by atoms with Gasteiger partial charge in [-0.25, -0.2) is 4.98 Å². The van der Waals surface area contributed by atoms with E-state index in [1.165, 1.54) is 5.52 Å². The Kier molecular flexibility index (Phi) is 5.27. The number of hydrogen-bond donors (Lipinski definition) is 0. The lowest BCUT2D eigenvalue weighted by Crippen LogP contribution is -2.00. The minimum atomic E-state index is 0. The van der Waals surface area contributed by atoms with Crippen LogP contribution in [0.15, 0.2) is 48.5 Å². The van der Waals surface area contributed by atoms with Gasteiger partial charge in [0.1, 0.15) is 5.82 Å². The summed E-state index contributed by atoms with van der Waals surface area (Å²) in [6, 6.07) is 16.2. The fourth-order valence-electron chi connectivity index (χ4n) is 2.47. The molecule has 2 aromatic carbocycles. The van der Waals surface area contributed by atoms with Crippen molar-refractivity contribution in [3.05, 3.63) is 53.6 Å². The molecule has 0 unspecified atom stereocenters. The first-order chi connectivity index (χ1) is 9.81. The SMILES string of the molecule is CCCCn1c(-c2ccccc2Cl)nc2ccccc21.Cl. The third kappa shape index (κ3) is 3.07. The predicted octanol–water partition coefficient (Wildman–Crippen LogP) is 5.58. The molecular formula is C17H18Cl2N2. The van der Waals surface area contributed by atoms with Crippen LogP contribution >= 0.6 is 24.0 Å². The van der Waals surface area contributed by atoms with Crippen LogP contribution in [-0.4, -0.2) is 9.55 Å². The molecule has 0 aliphatic rings. The minimum Gasteiger partial charge on any atom is -0.324 e. The molecule has 4 heteroatoms. The highest BCUT2D eigenvalue weighted by molar-refractivity contribution is 6.33. The van der Waals surface area contributed by atoms with Crippen LogP contribution in [-0.2, 0) is 6.54 Å². The molecule has 0 fully saturated rings. The standard InChI is InChI=1S/C17H17ClN2.ClH/c1-2-3-12-20-16-11-7-6-10-15(16)19-17(20)13-8-4-5-9-14(13)18;/h4-11H,2-3,12H2,1H3;1H. The molecule has 0 saturated heterocycles. The number of nitrogens with zero attached hydrogens (tertiary/aromatic N) is 2. The highest BCUT2D eigenvalue weighted by Crippen LogP contribution is 2.30. The van der Waals surface area contributed by atoms with E-state index < -0.39 is 0 Å². The van der Waals surface area contributed by atoms with Gasteiger partial charge in [-0.15, -0.1) is 12.4 Å². The molecule has 0 amide bonds. The molecular weight excluding hydrogens is 303 g/mol. The third-order valence-corrected chi connectivity index (χ3v) is 3.83. The summed E-state index contributed by atoms with van der Waals surface area (Å²) in [5.74, 6) is 0.963. The maximum atomic E-state index is 6.34. The normalized spacial score (nSPS) is 10.6. The second-order valence-electron chi connectivity index (χ2n) is 4.91. The van der Waals surface area contributed by atoms with Gasteiger partial charge in [0.2, 0.25) is 0 Å². The molecule has 0 aliphatic carbocycles. The average molecular weight is 321 g/mol.